The molecule has 0 saturated carbocycles. The molecule has 0 saturated heterocycles. The molecule has 1 aromatic heterocycles. The van der Waals surface area contributed by atoms with E-state index in [-0.39, 0.29) is 5.91 Å². The van der Waals surface area contributed by atoms with Crippen LogP contribution in [0.3, 0.4) is 0 Å². The number of rotatable bonds is 6. The third-order valence-electron chi connectivity index (χ3n) is 3.41. The second-order valence-corrected chi connectivity index (χ2v) is 4.97. The Morgan fingerprint density at radius 1 is 1.45 bits per heavy atom. The zero-order valence-corrected chi connectivity index (χ0v) is 11.9. The molecular formula is C16H21N3O. The van der Waals surface area contributed by atoms with Gasteiger partial charge in [0, 0.05) is 12.4 Å². The molecule has 0 atom stereocenters. The van der Waals surface area contributed by atoms with Gasteiger partial charge >= 0.3 is 0 Å². The second-order valence-electron chi connectivity index (χ2n) is 4.97. The van der Waals surface area contributed by atoms with E-state index in [1.54, 1.807) is 24.5 Å². The predicted octanol–water partition coefficient (Wildman–Crippen LogP) is 3.47. The molecule has 0 aromatic carbocycles. The minimum atomic E-state index is -0.203. The number of hydrogen-bond donors (Lipinski definition) is 1. The van der Waals surface area contributed by atoms with Crippen LogP contribution < -0.4 is 5.43 Å². The number of carbonyl (C=O) groups is 1. The van der Waals surface area contributed by atoms with Crippen LogP contribution in [0.25, 0.3) is 0 Å². The fourth-order valence-corrected chi connectivity index (χ4v) is 2.28. The molecule has 2 rings (SSSR count). The highest BCUT2D eigenvalue weighted by Crippen LogP contribution is 2.21. The van der Waals surface area contributed by atoms with Gasteiger partial charge in [-0.3, -0.25) is 9.78 Å². The van der Waals surface area contributed by atoms with Gasteiger partial charge in [-0.1, -0.05) is 25.8 Å². The van der Waals surface area contributed by atoms with Crippen molar-refractivity contribution in [3.8, 4) is 0 Å². The molecule has 4 nitrogen and oxygen atoms in total. The third kappa shape index (κ3) is 4.02. The van der Waals surface area contributed by atoms with Gasteiger partial charge < -0.3 is 0 Å². The fourth-order valence-electron chi connectivity index (χ4n) is 2.28. The standard InChI is InChI=1S/C16H21N3O/c1-2-3-4-7-13-8-5-10-15(13)18-19-16(20)14-9-6-11-17-12-14/h6,8-9,11-12H,2-5,7,10H2,1H3,(H,19,20)/b18-15+. The van der Waals surface area contributed by atoms with Crippen LogP contribution in [0.4, 0.5) is 0 Å². The number of nitrogens with one attached hydrogen (secondary N) is 1. The normalized spacial score (nSPS) is 16.2. The number of aromatic nitrogens is 1. The third-order valence-corrected chi connectivity index (χ3v) is 3.41. The Labute approximate surface area is 120 Å². The number of hydrazone groups is 1. The Hall–Kier alpha value is -1.97. The molecule has 1 aromatic rings. The van der Waals surface area contributed by atoms with Crippen molar-refractivity contribution in [3.05, 3.63) is 41.7 Å². The summed E-state index contributed by atoms with van der Waals surface area (Å²) in [4.78, 5) is 15.8. The highest BCUT2D eigenvalue weighted by atomic mass is 16.2. The lowest BCUT2D eigenvalue weighted by Crippen LogP contribution is -2.19. The highest BCUT2D eigenvalue weighted by Gasteiger charge is 2.13. The summed E-state index contributed by atoms with van der Waals surface area (Å²) in [6.45, 7) is 2.20. The van der Waals surface area contributed by atoms with Gasteiger partial charge in [-0.15, -0.1) is 0 Å². The van der Waals surface area contributed by atoms with E-state index in [2.05, 4.69) is 28.5 Å². The van der Waals surface area contributed by atoms with E-state index in [4.69, 9.17) is 0 Å². The van der Waals surface area contributed by atoms with E-state index in [0.29, 0.717) is 5.56 Å². The Bertz CT molecular complexity index is 506. The van der Waals surface area contributed by atoms with Crippen LogP contribution in [0.15, 0.2) is 41.3 Å². The van der Waals surface area contributed by atoms with Crippen molar-refractivity contribution < 1.29 is 4.79 Å². The van der Waals surface area contributed by atoms with Crippen molar-refractivity contribution in [2.75, 3.05) is 0 Å². The molecule has 4 heteroatoms. The van der Waals surface area contributed by atoms with Gasteiger partial charge in [0.15, 0.2) is 0 Å². The molecule has 1 amide bonds. The first-order chi connectivity index (χ1) is 9.81. The molecule has 0 unspecified atom stereocenters. The zero-order valence-electron chi connectivity index (χ0n) is 11.9. The van der Waals surface area contributed by atoms with E-state index in [9.17, 15) is 4.79 Å². The van der Waals surface area contributed by atoms with Crippen LogP contribution in [0, 0.1) is 0 Å². The molecule has 0 fully saturated rings. The lowest BCUT2D eigenvalue weighted by molar-refractivity contribution is 0.0954. The van der Waals surface area contributed by atoms with Crippen molar-refractivity contribution in [1.82, 2.24) is 10.4 Å². The number of unbranched alkanes of at least 4 members (excludes halogenated alkanes) is 2. The van der Waals surface area contributed by atoms with Gasteiger partial charge in [0.05, 0.1) is 11.3 Å². The molecule has 1 N–H and O–H groups in total. The van der Waals surface area contributed by atoms with Crippen molar-refractivity contribution in [1.29, 1.82) is 0 Å². The molecule has 1 aliphatic carbocycles. The SMILES string of the molecule is CCCCCC1=CCC/C1=N\NC(=O)c1cccnc1. The van der Waals surface area contributed by atoms with Crippen LogP contribution in [-0.2, 0) is 0 Å². The summed E-state index contributed by atoms with van der Waals surface area (Å²) in [5.41, 5.74) is 5.49. The van der Waals surface area contributed by atoms with Gasteiger partial charge in [-0.25, -0.2) is 5.43 Å². The number of hydrogen-bond acceptors (Lipinski definition) is 3. The Morgan fingerprint density at radius 3 is 3.10 bits per heavy atom. The van der Waals surface area contributed by atoms with E-state index >= 15 is 0 Å². The Kier molecular flexibility index (Phi) is 5.47. The van der Waals surface area contributed by atoms with Crippen molar-refractivity contribution in [3.63, 3.8) is 0 Å². The van der Waals surface area contributed by atoms with E-state index in [1.807, 2.05) is 0 Å². The molecule has 0 spiro atoms. The first-order valence-electron chi connectivity index (χ1n) is 7.27. The summed E-state index contributed by atoms with van der Waals surface area (Å²) in [5.74, 6) is -0.203. The zero-order chi connectivity index (χ0) is 14.2. The van der Waals surface area contributed by atoms with Crippen LogP contribution in [0.5, 0.6) is 0 Å². The summed E-state index contributed by atoms with van der Waals surface area (Å²) >= 11 is 0. The molecule has 1 heterocycles. The first-order valence-corrected chi connectivity index (χ1v) is 7.27. The summed E-state index contributed by atoms with van der Waals surface area (Å²) in [6.07, 6.45) is 12.1. The lowest BCUT2D eigenvalue weighted by Gasteiger charge is -2.05. The maximum atomic E-state index is 11.9. The number of amides is 1. The average molecular weight is 271 g/mol. The van der Waals surface area contributed by atoms with Gasteiger partial charge in [-0.05, 0) is 43.4 Å². The van der Waals surface area contributed by atoms with E-state index in [1.165, 1.54) is 24.8 Å². The topological polar surface area (TPSA) is 54.4 Å². The molecule has 0 radical (unpaired) electrons. The predicted molar refractivity (Wildman–Crippen MR) is 80.6 cm³/mol. The van der Waals surface area contributed by atoms with Gasteiger partial charge in [0.25, 0.3) is 5.91 Å². The number of pyridine rings is 1. The highest BCUT2D eigenvalue weighted by molar-refractivity contribution is 6.03. The molecule has 106 valence electrons. The van der Waals surface area contributed by atoms with Gasteiger partial charge in [0.1, 0.15) is 0 Å². The monoisotopic (exact) mass is 271 g/mol. The maximum Gasteiger partial charge on any atom is 0.272 e. The van der Waals surface area contributed by atoms with Crippen LogP contribution in [-0.4, -0.2) is 16.6 Å². The molecular weight excluding hydrogens is 250 g/mol. The molecule has 20 heavy (non-hydrogen) atoms. The summed E-state index contributed by atoms with van der Waals surface area (Å²) in [7, 11) is 0. The number of allylic oxidation sites excluding steroid dienone is 2. The average Bonchev–Trinajstić information content (AvgIpc) is 2.93. The Morgan fingerprint density at radius 2 is 2.35 bits per heavy atom. The van der Waals surface area contributed by atoms with Crippen LogP contribution in [0.2, 0.25) is 0 Å². The first kappa shape index (κ1) is 14.4. The summed E-state index contributed by atoms with van der Waals surface area (Å²) in [5, 5.41) is 4.28. The summed E-state index contributed by atoms with van der Waals surface area (Å²) < 4.78 is 0. The van der Waals surface area contributed by atoms with Crippen LogP contribution in [0.1, 0.15) is 55.8 Å². The van der Waals surface area contributed by atoms with E-state index < -0.39 is 0 Å². The minimum absolute atomic E-state index is 0.203. The number of nitrogens with zero attached hydrogens (tertiary/aromatic N) is 2. The summed E-state index contributed by atoms with van der Waals surface area (Å²) in [6, 6.07) is 3.48. The molecule has 0 aliphatic heterocycles. The Balaban J connectivity index is 1.90. The second kappa shape index (κ2) is 7.58. The number of carbonyl (C=O) groups excluding carboxylic acids is 1. The minimum Gasteiger partial charge on any atom is -0.267 e. The van der Waals surface area contributed by atoms with E-state index in [0.717, 1.165) is 25.0 Å². The largest absolute Gasteiger partial charge is 0.272 e. The van der Waals surface area contributed by atoms with Crippen molar-refractivity contribution in [2.45, 2.75) is 45.4 Å². The quantitative estimate of drug-likeness (QED) is 0.636. The van der Waals surface area contributed by atoms with Gasteiger partial charge in [-0.2, -0.15) is 5.10 Å². The maximum absolute atomic E-state index is 11.9. The molecule has 0 bridgehead atoms. The fraction of sp³-hybridized carbons (Fsp3) is 0.438. The van der Waals surface area contributed by atoms with Crippen molar-refractivity contribution in [2.24, 2.45) is 5.10 Å². The van der Waals surface area contributed by atoms with Crippen molar-refractivity contribution >= 4 is 11.6 Å². The van der Waals surface area contributed by atoms with Gasteiger partial charge in [0.2, 0.25) is 0 Å². The molecule has 1 aliphatic rings. The lowest BCUT2D eigenvalue weighted by atomic mass is 10.1. The smallest absolute Gasteiger partial charge is 0.267 e. The van der Waals surface area contributed by atoms with Crippen LogP contribution >= 0.6 is 0 Å².